The minimum Gasteiger partial charge on any atom is -0.482 e. The number of fused-ring (bicyclic) bond motifs is 1. The third-order valence-electron chi connectivity index (χ3n) is 5.23. The number of anilines is 1. The van der Waals surface area contributed by atoms with Crippen LogP contribution in [0.3, 0.4) is 0 Å². The molecular formula is C24H22Cl2N4O4. The molecule has 0 unspecified atom stereocenters. The van der Waals surface area contributed by atoms with Crippen LogP contribution in [0.25, 0.3) is 0 Å². The molecule has 1 aromatic carbocycles. The molecular weight excluding hydrogens is 479 g/mol. The number of amides is 2. The number of rotatable bonds is 6. The van der Waals surface area contributed by atoms with Crippen molar-refractivity contribution < 1.29 is 18.7 Å². The van der Waals surface area contributed by atoms with Gasteiger partial charge in [0.2, 0.25) is 0 Å². The van der Waals surface area contributed by atoms with Gasteiger partial charge in [0.15, 0.2) is 12.4 Å². The monoisotopic (exact) mass is 500 g/mol. The predicted octanol–water partition coefficient (Wildman–Crippen LogP) is 5.09. The van der Waals surface area contributed by atoms with Gasteiger partial charge in [-0.15, -0.1) is 0 Å². The Morgan fingerprint density at radius 3 is 2.76 bits per heavy atom. The van der Waals surface area contributed by atoms with E-state index < -0.39 is 5.91 Å². The molecule has 2 N–H and O–H groups in total. The molecule has 0 saturated heterocycles. The van der Waals surface area contributed by atoms with Crippen LogP contribution in [-0.4, -0.2) is 29.1 Å². The van der Waals surface area contributed by atoms with Gasteiger partial charge in [0.25, 0.3) is 11.8 Å². The molecule has 2 heterocycles. The Hall–Kier alpha value is -3.36. The van der Waals surface area contributed by atoms with Crippen molar-refractivity contribution in [3.63, 3.8) is 0 Å². The first-order valence-corrected chi connectivity index (χ1v) is 11.4. The van der Waals surface area contributed by atoms with Crippen LogP contribution < -0.4 is 15.5 Å². The number of nitrogens with zero attached hydrogens (tertiary/aromatic N) is 2. The number of hydrogen-bond donors (Lipinski definition) is 2. The molecule has 8 nitrogen and oxygen atoms in total. The molecule has 176 valence electrons. The SMILES string of the molecule is Cc1cccc(NC(=O)c2oc3c(c2C)/C(=N/NC(=O)COc2ccc(Cl)cc2Cl)CCC3)n1. The molecule has 3 aromatic rings. The largest absolute Gasteiger partial charge is 0.482 e. The molecule has 0 fully saturated rings. The number of ether oxygens (including phenoxy) is 1. The number of hydrogen-bond acceptors (Lipinski definition) is 6. The first kappa shape index (κ1) is 23.8. The number of pyridine rings is 1. The van der Waals surface area contributed by atoms with Crippen LogP contribution in [-0.2, 0) is 11.2 Å². The van der Waals surface area contributed by atoms with E-state index in [1.54, 1.807) is 25.1 Å². The molecule has 0 radical (unpaired) electrons. The lowest BCUT2D eigenvalue weighted by atomic mass is 9.93. The minimum absolute atomic E-state index is 0.204. The summed E-state index contributed by atoms with van der Waals surface area (Å²) in [4.78, 5) is 29.4. The molecule has 1 aliphatic carbocycles. The summed E-state index contributed by atoms with van der Waals surface area (Å²) in [5.74, 6) is 0.828. The van der Waals surface area contributed by atoms with Crippen LogP contribution >= 0.6 is 23.2 Å². The highest BCUT2D eigenvalue weighted by Crippen LogP contribution is 2.30. The van der Waals surface area contributed by atoms with Crippen LogP contribution in [0.2, 0.25) is 10.0 Å². The normalized spacial score (nSPS) is 13.9. The summed E-state index contributed by atoms with van der Waals surface area (Å²) in [6.45, 7) is 3.38. The number of nitrogens with one attached hydrogen (secondary N) is 2. The van der Waals surface area contributed by atoms with Crippen molar-refractivity contribution in [2.75, 3.05) is 11.9 Å². The highest BCUT2D eigenvalue weighted by molar-refractivity contribution is 6.35. The molecule has 2 aromatic heterocycles. The summed E-state index contributed by atoms with van der Waals surface area (Å²) in [6, 6.07) is 10.1. The number of halogens is 2. The first-order valence-electron chi connectivity index (χ1n) is 10.6. The van der Waals surface area contributed by atoms with Crippen LogP contribution in [0, 0.1) is 13.8 Å². The number of aromatic nitrogens is 1. The Kier molecular flexibility index (Phi) is 7.19. The van der Waals surface area contributed by atoms with Gasteiger partial charge in [0.05, 0.1) is 10.7 Å². The van der Waals surface area contributed by atoms with Crippen molar-refractivity contribution in [3.05, 3.63) is 74.8 Å². The van der Waals surface area contributed by atoms with Crippen LogP contribution in [0.4, 0.5) is 5.82 Å². The molecule has 0 spiro atoms. The molecule has 0 atom stereocenters. The highest BCUT2D eigenvalue weighted by Gasteiger charge is 2.28. The van der Waals surface area contributed by atoms with Gasteiger partial charge in [-0.2, -0.15) is 5.10 Å². The highest BCUT2D eigenvalue weighted by atomic mass is 35.5. The zero-order chi connectivity index (χ0) is 24.2. The Balaban J connectivity index is 1.45. The lowest BCUT2D eigenvalue weighted by molar-refractivity contribution is -0.123. The average Bonchev–Trinajstić information content (AvgIpc) is 3.14. The molecule has 0 aliphatic heterocycles. The van der Waals surface area contributed by atoms with Gasteiger partial charge in [0, 0.05) is 28.3 Å². The summed E-state index contributed by atoms with van der Waals surface area (Å²) in [5, 5.41) is 7.83. The van der Waals surface area contributed by atoms with Crippen LogP contribution in [0.1, 0.15) is 46.0 Å². The third kappa shape index (κ3) is 5.40. The maximum Gasteiger partial charge on any atom is 0.292 e. The lowest BCUT2D eigenvalue weighted by Crippen LogP contribution is -2.27. The van der Waals surface area contributed by atoms with E-state index in [4.69, 9.17) is 32.4 Å². The van der Waals surface area contributed by atoms with E-state index in [9.17, 15) is 9.59 Å². The maximum absolute atomic E-state index is 12.8. The smallest absolute Gasteiger partial charge is 0.292 e. The average molecular weight is 501 g/mol. The quantitative estimate of drug-likeness (QED) is 0.458. The van der Waals surface area contributed by atoms with Crippen molar-refractivity contribution in [1.82, 2.24) is 10.4 Å². The fraction of sp³-hybridized carbons (Fsp3) is 0.250. The van der Waals surface area contributed by atoms with E-state index in [2.05, 4.69) is 20.8 Å². The number of carbonyl (C=O) groups is 2. The minimum atomic E-state index is -0.449. The molecule has 10 heteroatoms. The second kappa shape index (κ2) is 10.3. The Labute approximate surface area is 206 Å². The molecule has 0 bridgehead atoms. The number of hydrazone groups is 1. The van der Waals surface area contributed by atoms with Gasteiger partial charge >= 0.3 is 0 Å². The van der Waals surface area contributed by atoms with Gasteiger partial charge < -0.3 is 14.5 Å². The first-order chi connectivity index (χ1) is 16.3. The molecule has 4 rings (SSSR count). The number of benzene rings is 1. The van der Waals surface area contributed by atoms with E-state index in [0.29, 0.717) is 51.5 Å². The van der Waals surface area contributed by atoms with E-state index in [1.807, 2.05) is 19.1 Å². The third-order valence-corrected chi connectivity index (χ3v) is 5.76. The molecule has 1 aliphatic rings. The van der Waals surface area contributed by atoms with E-state index in [-0.39, 0.29) is 18.3 Å². The Morgan fingerprint density at radius 2 is 2.00 bits per heavy atom. The van der Waals surface area contributed by atoms with Gasteiger partial charge in [-0.25, -0.2) is 10.4 Å². The van der Waals surface area contributed by atoms with Crippen molar-refractivity contribution in [3.8, 4) is 5.75 Å². The molecule has 2 amide bonds. The van der Waals surface area contributed by atoms with E-state index >= 15 is 0 Å². The second-order valence-electron chi connectivity index (χ2n) is 7.78. The lowest BCUT2D eigenvalue weighted by Gasteiger charge is -2.13. The van der Waals surface area contributed by atoms with Crippen molar-refractivity contribution in [1.29, 1.82) is 0 Å². The summed E-state index contributed by atoms with van der Waals surface area (Å²) < 4.78 is 11.3. The molecule has 34 heavy (non-hydrogen) atoms. The Bertz CT molecular complexity index is 1290. The van der Waals surface area contributed by atoms with Gasteiger partial charge in [-0.1, -0.05) is 29.3 Å². The zero-order valence-electron chi connectivity index (χ0n) is 18.6. The summed E-state index contributed by atoms with van der Waals surface area (Å²) in [7, 11) is 0. The summed E-state index contributed by atoms with van der Waals surface area (Å²) >= 11 is 11.9. The Morgan fingerprint density at radius 1 is 1.18 bits per heavy atom. The van der Waals surface area contributed by atoms with E-state index in [0.717, 1.165) is 17.7 Å². The fourth-order valence-corrected chi connectivity index (χ4v) is 4.14. The summed E-state index contributed by atoms with van der Waals surface area (Å²) in [5.41, 5.74) is 5.36. The number of carbonyl (C=O) groups excluding carboxylic acids is 2. The van der Waals surface area contributed by atoms with Crippen molar-refractivity contribution in [2.45, 2.75) is 33.1 Å². The number of aryl methyl sites for hydroxylation is 2. The zero-order valence-corrected chi connectivity index (χ0v) is 20.1. The maximum atomic E-state index is 12.8. The summed E-state index contributed by atoms with van der Waals surface area (Å²) in [6.07, 6.45) is 2.10. The van der Waals surface area contributed by atoms with Crippen molar-refractivity contribution >= 4 is 46.5 Å². The van der Waals surface area contributed by atoms with Gasteiger partial charge in [-0.05, 0) is 57.0 Å². The number of furan rings is 1. The van der Waals surface area contributed by atoms with Gasteiger partial charge in [0.1, 0.15) is 17.3 Å². The second-order valence-corrected chi connectivity index (χ2v) is 8.63. The molecule has 0 saturated carbocycles. The predicted molar refractivity (Wildman–Crippen MR) is 130 cm³/mol. The van der Waals surface area contributed by atoms with Gasteiger partial charge in [-0.3, -0.25) is 9.59 Å². The van der Waals surface area contributed by atoms with Crippen molar-refractivity contribution in [2.24, 2.45) is 5.10 Å². The fourth-order valence-electron chi connectivity index (χ4n) is 3.68. The van der Waals surface area contributed by atoms with Crippen LogP contribution in [0.5, 0.6) is 5.75 Å². The van der Waals surface area contributed by atoms with Crippen LogP contribution in [0.15, 0.2) is 45.9 Å². The standard InChI is InChI=1S/C24H22Cl2N4O4/c1-13-5-3-8-20(27-13)28-24(32)23-14(2)22-17(6-4-7-19(22)34-23)29-30-21(31)12-33-18-10-9-15(25)11-16(18)26/h3,5,8-11H,4,6-7,12H2,1-2H3,(H,30,31)(H,27,28,32)/b29-17+. The topological polar surface area (TPSA) is 106 Å². The van der Waals surface area contributed by atoms with E-state index in [1.165, 1.54) is 6.07 Å².